The van der Waals surface area contributed by atoms with Crippen LogP contribution in [0.15, 0.2) is 16.7 Å². The molecule has 0 aliphatic heterocycles. The Morgan fingerprint density at radius 1 is 1.58 bits per heavy atom. The topological polar surface area (TPSA) is 90.4 Å². The first-order chi connectivity index (χ1) is 5.43. The molecule has 0 aromatic carbocycles. The van der Waals surface area contributed by atoms with Crippen LogP contribution in [0.3, 0.4) is 0 Å². The summed E-state index contributed by atoms with van der Waals surface area (Å²) >= 11 is 0. The molecule has 5 nitrogen and oxygen atoms in total. The molecule has 1 aromatic heterocycles. The van der Waals surface area contributed by atoms with Gasteiger partial charge in [0.15, 0.2) is 0 Å². The average molecular weight is 189 g/mol. The van der Waals surface area contributed by atoms with Gasteiger partial charge in [0.1, 0.15) is 0 Å². The number of hydrogen-bond acceptors (Lipinski definition) is 5. The minimum absolute atomic E-state index is 0.113. The molecule has 0 bridgehead atoms. The van der Waals surface area contributed by atoms with Crippen molar-refractivity contribution in [3.63, 3.8) is 0 Å². The highest BCUT2D eigenvalue weighted by Crippen LogP contribution is 2.14. The Kier molecular flexibility index (Phi) is 1.93. The molecule has 0 amide bonds. The fourth-order valence-electron chi connectivity index (χ4n) is 0.689. The van der Waals surface area contributed by atoms with Gasteiger partial charge in [-0.25, -0.2) is 8.42 Å². The van der Waals surface area contributed by atoms with Gasteiger partial charge < -0.3 is 10.2 Å². The van der Waals surface area contributed by atoms with Crippen LogP contribution >= 0.6 is 0 Å². The van der Waals surface area contributed by atoms with Crippen LogP contribution in [0.4, 0.5) is 5.88 Å². The Morgan fingerprint density at radius 3 is 2.50 bits per heavy atom. The first-order valence-electron chi connectivity index (χ1n) is 3.00. The normalized spacial score (nSPS) is 11.4. The summed E-state index contributed by atoms with van der Waals surface area (Å²) in [5, 5.41) is -1.02. The first-order valence-corrected chi connectivity index (χ1v) is 4.89. The summed E-state index contributed by atoms with van der Waals surface area (Å²) in [6, 6.07) is 1.22. The van der Waals surface area contributed by atoms with Crippen LogP contribution in [-0.2, 0) is 9.84 Å². The number of nitrogen functional groups attached to an aromatic ring is 1. The van der Waals surface area contributed by atoms with Crippen molar-refractivity contribution in [1.29, 1.82) is 0 Å². The number of furan rings is 1. The van der Waals surface area contributed by atoms with E-state index in [1.807, 2.05) is 0 Å². The summed E-state index contributed by atoms with van der Waals surface area (Å²) in [6.07, 6.45) is 1.98. The predicted molar refractivity (Wildman–Crippen MR) is 42.3 cm³/mol. The standard InChI is InChI=1S/C6H7NO4S/c1-12(9,10)6(8)4-2-3-11-5(4)7/h2-3H,7H2,1H3. The van der Waals surface area contributed by atoms with Crippen LogP contribution in [-0.4, -0.2) is 19.8 Å². The Morgan fingerprint density at radius 2 is 2.17 bits per heavy atom. The molecular weight excluding hydrogens is 182 g/mol. The fraction of sp³-hybridized carbons (Fsp3) is 0.167. The van der Waals surface area contributed by atoms with Gasteiger partial charge in [0.05, 0.1) is 11.8 Å². The van der Waals surface area contributed by atoms with Crippen LogP contribution < -0.4 is 5.73 Å². The van der Waals surface area contributed by atoms with Gasteiger partial charge in [0, 0.05) is 6.26 Å². The molecule has 0 fully saturated rings. The van der Waals surface area contributed by atoms with E-state index >= 15 is 0 Å². The Hall–Kier alpha value is -1.30. The lowest BCUT2D eigenvalue weighted by atomic mass is 10.3. The maximum absolute atomic E-state index is 11.0. The second-order valence-electron chi connectivity index (χ2n) is 2.26. The van der Waals surface area contributed by atoms with Crippen molar-refractivity contribution in [3.8, 4) is 0 Å². The van der Waals surface area contributed by atoms with Crippen molar-refractivity contribution in [1.82, 2.24) is 0 Å². The van der Waals surface area contributed by atoms with E-state index in [0.717, 1.165) is 12.5 Å². The Balaban J connectivity index is 3.19. The Bertz CT molecular complexity index is 403. The fourth-order valence-corrected chi connectivity index (χ4v) is 1.26. The molecule has 0 aliphatic rings. The lowest BCUT2D eigenvalue weighted by Gasteiger charge is -1.93. The molecule has 1 aromatic rings. The van der Waals surface area contributed by atoms with E-state index in [1.165, 1.54) is 6.07 Å². The van der Waals surface area contributed by atoms with Crippen LogP contribution in [0.2, 0.25) is 0 Å². The second kappa shape index (κ2) is 2.63. The van der Waals surface area contributed by atoms with Crippen LogP contribution in [0.25, 0.3) is 0 Å². The van der Waals surface area contributed by atoms with E-state index in [1.54, 1.807) is 0 Å². The van der Waals surface area contributed by atoms with E-state index in [0.29, 0.717) is 0 Å². The molecule has 0 unspecified atom stereocenters. The largest absolute Gasteiger partial charge is 0.448 e. The van der Waals surface area contributed by atoms with Gasteiger partial charge >= 0.3 is 0 Å². The zero-order valence-electron chi connectivity index (χ0n) is 6.27. The zero-order valence-corrected chi connectivity index (χ0v) is 7.09. The number of carbonyl (C=O) groups excluding carboxylic acids is 1. The molecule has 0 radical (unpaired) electrons. The monoisotopic (exact) mass is 189 g/mol. The van der Waals surface area contributed by atoms with E-state index in [-0.39, 0.29) is 11.4 Å². The van der Waals surface area contributed by atoms with Crippen molar-refractivity contribution < 1.29 is 17.6 Å². The minimum atomic E-state index is -3.73. The smallest absolute Gasteiger partial charge is 0.281 e. The molecule has 1 rings (SSSR count). The summed E-state index contributed by atoms with van der Waals surface area (Å²) in [6.45, 7) is 0. The van der Waals surface area contributed by atoms with E-state index < -0.39 is 15.0 Å². The quantitative estimate of drug-likeness (QED) is 0.673. The molecule has 0 atom stereocenters. The maximum atomic E-state index is 11.0. The minimum Gasteiger partial charge on any atom is -0.448 e. The zero-order chi connectivity index (χ0) is 9.35. The van der Waals surface area contributed by atoms with Crippen molar-refractivity contribution in [2.75, 3.05) is 12.0 Å². The van der Waals surface area contributed by atoms with Gasteiger partial charge in [-0.05, 0) is 6.07 Å². The van der Waals surface area contributed by atoms with Crippen LogP contribution in [0.5, 0.6) is 0 Å². The third-order valence-corrected chi connectivity index (χ3v) is 2.15. The van der Waals surface area contributed by atoms with E-state index in [2.05, 4.69) is 4.42 Å². The molecule has 12 heavy (non-hydrogen) atoms. The molecule has 0 aliphatic carbocycles. The second-order valence-corrected chi connectivity index (χ2v) is 4.17. The third-order valence-electron chi connectivity index (χ3n) is 1.25. The highest BCUT2D eigenvalue weighted by molar-refractivity contribution is 8.06. The van der Waals surface area contributed by atoms with Crippen molar-refractivity contribution in [2.24, 2.45) is 0 Å². The van der Waals surface area contributed by atoms with Gasteiger partial charge in [0.25, 0.3) is 5.12 Å². The summed E-state index contributed by atoms with van der Waals surface area (Å²) in [4.78, 5) is 11.0. The van der Waals surface area contributed by atoms with Gasteiger partial charge in [0.2, 0.25) is 15.7 Å². The summed E-state index contributed by atoms with van der Waals surface area (Å²) in [5.74, 6) is -0.176. The molecule has 2 N–H and O–H groups in total. The van der Waals surface area contributed by atoms with Crippen LogP contribution in [0, 0.1) is 0 Å². The van der Waals surface area contributed by atoms with E-state index in [9.17, 15) is 13.2 Å². The molecular formula is C6H7NO4S. The van der Waals surface area contributed by atoms with Crippen molar-refractivity contribution in [2.45, 2.75) is 0 Å². The first kappa shape index (κ1) is 8.79. The van der Waals surface area contributed by atoms with Gasteiger partial charge in [-0.1, -0.05) is 0 Å². The summed E-state index contributed by atoms with van der Waals surface area (Å²) in [5.41, 5.74) is 5.07. The van der Waals surface area contributed by atoms with Crippen LogP contribution in [0.1, 0.15) is 10.4 Å². The SMILES string of the molecule is CS(=O)(=O)C(=O)c1ccoc1N. The highest BCUT2D eigenvalue weighted by Gasteiger charge is 2.22. The van der Waals surface area contributed by atoms with Gasteiger partial charge in [-0.2, -0.15) is 0 Å². The number of anilines is 1. The Labute approximate surface area is 69.1 Å². The summed E-state index contributed by atoms with van der Waals surface area (Å²) in [7, 11) is -3.73. The van der Waals surface area contributed by atoms with Crippen molar-refractivity contribution in [3.05, 3.63) is 17.9 Å². The molecule has 6 heteroatoms. The molecule has 1 heterocycles. The maximum Gasteiger partial charge on any atom is 0.281 e. The third kappa shape index (κ3) is 1.48. The molecule has 0 saturated heterocycles. The molecule has 0 spiro atoms. The van der Waals surface area contributed by atoms with Crippen molar-refractivity contribution >= 4 is 20.8 Å². The lowest BCUT2D eigenvalue weighted by molar-refractivity contribution is 0.107. The highest BCUT2D eigenvalue weighted by atomic mass is 32.2. The summed E-state index contributed by atoms with van der Waals surface area (Å²) < 4.78 is 26.0. The number of carbonyl (C=O) groups is 1. The number of rotatable bonds is 1. The molecule has 66 valence electrons. The van der Waals surface area contributed by atoms with Gasteiger partial charge in [-0.3, -0.25) is 4.79 Å². The van der Waals surface area contributed by atoms with Gasteiger partial charge in [-0.15, -0.1) is 0 Å². The molecule has 0 saturated carbocycles. The lowest BCUT2D eigenvalue weighted by Crippen LogP contribution is -2.13. The number of hydrogen-bond donors (Lipinski definition) is 1. The number of nitrogens with two attached hydrogens (primary N) is 1. The van der Waals surface area contributed by atoms with E-state index in [4.69, 9.17) is 5.73 Å². The predicted octanol–water partition coefficient (Wildman–Crippen LogP) is 0.0466. The average Bonchev–Trinajstić information content (AvgIpc) is 2.31. The number of sulfone groups is 1.